The van der Waals surface area contributed by atoms with Crippen LogP contribution in [0.25, 0.3) is 0 Å². The Balaban J connectivity index is 2.18. The smallest absolute Gasteiger partial charge is 0.0252 e. The fourth-order valence-corrected chi connectivity index (χ4v) is 2.80. The van der Waals surface area contributed by atoms with Crippen LogP contribution in [0.15, 0.2) is 0 Å². The average Bonchev–Trinajstić information content (AvgIpc) is 2.23. The summed E-state index contributed by atoms with van der Waals surface area (Å²) in [6.45, 7) is 10.6. The second kappa shape index (κ2) is 6.87. The van der Waals surface area contributed by atoms with E-state index < -0.39 is 0 Å². The van der Waals surface area contributed by atoms with Crippen molar-refractivity contribution in [1.82, 2.24) is 10.2 Å². The summed E-state index contributed by atoms with van der Waals surface area (Å²) in [5.41, 5.74) is 0.297. The molecule has 0 saturated carbocycles. The predicted molar refractivity (Wildman–Crippen MR) is 75.3 cm³/mol. The van der Waals surface area contributed by atoms with Crippen molar-refractivity contribution in [1.29, 1.82) is 0 Å². The van der Waals surface area contributed by atoms with Crippen LogP contribution < -0.4 is 5.32 Å². The van der Waals surface area contributed by atoms with E-state index in [4.69, 9.17) is 0 Å². The molecule has 0 aliphatic carbocycles. The van der Waals surface area contributed by atoms with E-state index in [1.54, 1.807) is 0 Å². The monoisotopic (exact) mass is 244 g/mol. The Morgan fingerprint density at radius 1 is 1.31 bits per heavy atom. The highest BCUT2D eigenvalue weighted by Gasteiger charge is 2.29. The maximum Gasteiger partial charge on any atom is 0.0252 e. The number of nitrogens with one attached hydrogen (secondary N) is 1. The lowest BCUT2D eigenvalue weighted by Crippen LogP contribution is -2.60. The molecule has 0 spiro atoms. The van der Waals surface area contributed by atoms with Crippen molar-refractivity contribution in [3.8, 4) is 0 Å². The van der Waals surface area contributed by atoms with Gasteiger partial charge in [-0.2, -0.15) is 11.8 Å². The molecule has 96 valence electrons. The molecule has 1 atom stereocenters. The van der Waals surface area contributed by atoms with E-state index in [1.807, 2.05) is 11.8 Å². The van der Waals surface area contributed by atoms with E-state index in [1.165, 1.54) is 38.1 Å². The second-order valence-electron chi connectivity index (χ2n) is 5.64. The predicted octanol–water partition coefficient (Wildman–Crippen LogP) is 2.59. The van der Waals surface area contributed by atoms with Gasteiger partial charge in [0.1, 0.15) is 0 Å². The van der Waals surface area contributed by atoms with Crippen LogP contribution in [-0.4, -0.2) is 48.1 Å². The van der Waals surface area contributed by atoms with Gasteiger partial charge in [-0.15, -0.1) is 0 Å². The standard InChI is InChI=1S/C13H28N2S/c1-12-10-14-13(2,3)11-15(12)8-6-5-7-9-16-4/h12,14H,5-11H2,1-4H3. The number of thioether (sulfide) groups is 1. The van der Waals surface area contributed by atoms with Crippen molar-refractivity contribution in [2.24, 2.45) is 0 Å². The highest BCUT2D eigenvalue weighted by molar-refractivity contribution is 7.98. The zero-order chi connectivity index (χ0) is 12.0. The highest BCUT2D eigenvalue weighted by atomic mass is 32.2. The molecule has 1 heterocycles. The van der Waals surface area contributed by atoms with E-state index in [-0.39, 0.29) is 0 Å². The van der Waals surface area contributed by atoms with Crippen LogP contribution in [-0.2, 0) is 0 Å². The van der Waals surface area contributed by atoms with Gasteiger partial charge in [0, 0.05) is 24.7 Å². The quantitative estimate of drug-likeness (QED) is 0.723. The van der Waals surface area contributed by atoms with E-state index in [2.05, 4.69) is 37.2 Å². The summed E-state index contributed by atoms with van der Waals surface area (Å²) in [5.74, 6) is 1.32. The molecule has 1 saturated heterocycles. The first-order valence-electron chi connectivity index (χ1n) is 6.53. The average molecular weight is 244 g/mol. The molecule has 0 bridgehead atoms. The summed E-state index contributed by atoms with van der Waals surface area (Å²) in [4.78, 5) is 2.65. The largest absolute Gasteiger partial charge is 0.309 e. The van der Waals surface area contributed by atoms with Gasteiger partial charge in [0.15, 0.2) is 0 Å². The maximum atomic E-state index is 3.60. The van der Waals surface area contributed by atoms with Gasteiger partial charge in [0.25, 0.3) is 0 Å². The number of piperazine rings is 1. The van der Waals surface area contributed by atoms with Crippen molar-refractivity contribution < 1.29 is 0 Å². The zero-order valence-electron chi connectivity index (χ0n) is 11.4. The van der Waals surface area contributed by atoms with Gasteiger partial charge >= 0.3 is 0 Å². The van der Waals surface area contributed by atoms with Gasteiger partial charge in [-0.3, -0.25) is 4.90 Å². The van der Waals surface area contributed by atoms with Crippen molar-refractivity contribution in [3.63, 3.8) is 0 Å². The number of rotatable bonds is 6. The Kier molecular flexibility index (Phi) is 6.16. The number of nitrogens with zero attached hydrogens (tertiary/aromatic N) is 1. The van der Waals surface area contributed by atoms with Crippen molar-refractivity contribution in [2.75, 3.05) is 31.6 Å². The molecule has 1 aliphatic rings. The first kappa shape index (κ1) is 14.3. The Morgan fingerprint density at radius 3 is 2.75 bits per heavy atom. The van der Waals surface area contributed by atoms with Crippen LogP contribution in [0.4, 0.5) is 0 Å². The van der Waals surface area contributed by atoms with Crippen LogP contribution in [0, 0.1) is 0 Å². The third-order valence-electron chi connectivity index (χ3n) is 3.39. The molecular weight excluding hydrogens is 216 g/mol. The lowest BCUT2D eigenvalue weighted by Gasteiger charge is -2.43. The minimum Gasteiger partial charge on any atom is -0.309 e. The van der Waals surface area contributed by atoms with Crippen LogP contribution in [0.2, 0.25) is 0 Å². The molecule has 0 aromatic heterocycles. The van der Waals surface area contributed by atoms with E-state index in [0.717, 1.165) is 6.54 Å². The normalized spacial score (nSPS) is 25.9. The van der Waals surface area contributed by atoms with E-state index in [9.17, 15) is 0 Å². The summed E-state index contributed by atoms with van der Waals surface area (Å²) in [7, 11) is 0. The molecule has 1 aliphatic heterocycles. The minimum atomic E-state index is 0.297. The summed E-state index contributed by atoms with van der Waals surface area (Å²) in [5, 5.41) is 3.60. The number of hydrogen-bond acceptors (Lipinski definition) is 3. The lowest BCUT2D eigenvalue weighted by atomic mass is 9.99. The van der Waals surface area contributed by atoms with Crippen molar-refractivity contribution in [3.05, 3.63) is 0 Å². The van der Waals surface area contributed by atoms with Gasteiger partial charge in [-0.1, -0.05) is 6.42 Å². The fraction of sp³-hybridized carbons (Fsp3) is 1.00. The first-order valence-corrected chi connectivity index (χ1v) is 7.92. The Hall–Kier alpha value is 0.270. The van der Waals surface area contributed by atoms with Gasteiger partial charge in [-0.05, 0) is 52.2 Å². The minimum absolute atomic E-state index is 0.297. The van der Waals surface area contributed by atoms with Gasteiger partial charge in [-0.25, -0.2) is 0 Å². The van der Waals surface area contributed by atoms with Crippen LogP contribution in [0.3, 0.4) is 0 Å². The molecule has 16 heavy (non-hydrogen) atoms. The van der Waals surface area contributed by atoms with Gasteiger partial charge in [0.2, 0.25) is 0 Å². The Morgan fingerprint density at radius 2 is 2.06 bits per heavy atom. The fourth-order valence-electron chi connectivity index (χ4n) is 2.31. The zero-order valence-corrected chi connectivity index (χ0v) is 12.2. The van der Waals surface area contributed by atoms with Crippen LogP contribution in [0.5, 0.6) is 0 Å². The Labute approximate surface area is 106 Å². The molecule has 1 unspecified atom stereocenters. The molecule has 3 heteroatoms. The highest BCUT2D eigenvalue weighted by Crippen LogP contribution is 2.15. The number of unbranched alkanes of at least 4 members (excludes halogenated alkanes) is 2. The van der Waals surface area contributed by atoms with E-state index >= 15 is 0 Å². The molecule has 0 amide bonds. The molecule has 0 aromatic carbocycles. The van der Waals surface area contributed by atoms with Crippen LogP contribution >= 0.6 is 11.8 Å². The Bertz CT molecular complexity index is 194. The summed E-state index contributed by atoms with van der Waals surface area (Å²) in [6, 6.07) is 0.702. The van der Waals surface area contributed by atoms with Crippen molar-refractivity contribution in [2.45, 2.75) is 51.6 Å². The molecule has 0 radical (unpaired) electrons. The molecular formula is C13H28N2S. The third kappa shape index (κ3) is 5.07. The second-order valence-corrected chi connectivity index (χ2v) is 6.62. The topological polar surface area (TPSA) is 15.3 Å². The molecule has 0 aromatic rings. The summed E-state index contributed by atoms with van der Waals surface area (Å²) in [6.07, 6.45) is 6.32. The van der Waals surface area contributed by atoms with Gasteiger partial charge in [0.05, 0.1) is 0 Å². The summed E-state index contributed by atoms with van der Waals surface area (Å²) >= 11 is 1.96. The maximum absolute atomic E-state index is 3.60. The lowest BCUT2D eigenvalue weighted by molar-refractivity contribution is 0.103. The first-order chi connectivity index (χ1) is 7.55. The van der Waals surface area contributed by atoms with E-state index in [0.29, 0.717) is 11.6 Å². The molecule has 2 nitrogen and oxygen atoms in total. The molecule has 1 rings (SSSR count). The van der Waals surface area contributed by atoms with Crippen molar-refractivity contribution >= 4 is 11.8 Å². The van der Waals surface area contributed by atoms with Crippen LogP contribution in [0.1, 0.15) is 40.0 Å². The van der Waals surface area contributed by atoms with Gasteiger partial charge < -0.3 is 5.32 Å². The third-order valence-corrected chi connectivity index (χ3v) is 4.09. The molecule has 1 N–H and O–H groups in total. The SMILES string of the molecule is CSCCCCCN1CC(C)(C)NCC1C. The number of hydrogen-bond donors (Lipinski definition) is 1. The molecule has 1 fully saturated rings. The summed E-state index contributed by atoms with van der Waals surface area (Å²) < 4.78 is 0.